The highest BCUT2D eigenvalue weighted by Crippen LogP contribution is 2.25. The molecule has 0 bridgehead atoms. The van der Waals surface area contributed by atoms with Gasteiger partial charge in [-0.1, -0.05) is 30.3 Å². The molecule has 0 fully saturated rings. The molecule has 2 aromatic heterocycles. The highest BCUT2D eigenvalue weighted by Gasteiger charge is 2.04. The standard InChI is InChI=1S/C18H19NS2/c1-13-8-18(21-14(13)2)11-19-10-17-9-16(12-20-17)15-6-4-3-5-7-15/h3-9,12,19H,10-11H2,1-2H3. The monoisotopic (exact) mass is 313 g/mol. The maximum Gasteiger partial charge on any atom is 0.0303 e. The summed E-state index contributed by atoms with van der Waals surface area (Å²) < 4.78 is 0. The molecular weight excluding hydrogens is 294 g/mol. The van der Waals surface area contributed by atoms with E-state index in [1.807, 2.05) is 22.7 Å². The summed E-state index contributed by atoms with van der Waals surface area (Å²) in [5.41, 5.74) is 4.02. The quantitative estimate of drug-likeness (QED) is 0.666. The zero-order valence-electron chi connectivity index (χ0n) is 12.3. The van der Waals surface area contributed by atoms with Gasteiger partial charge in [-0.25, -0.2) is 0 Å². The maximum absolute atomic E-state index is 3.54. The molecule has 0 aliphatic heterocycles. The van der Waals surface area contributed by atoms with E-state index in [1.54, 1.807) is 0 Å². The molecule has 0 amide bonds. The van der Waals surface area contributed by atoms with E-state index in [9.17, 15) is 0 Å². The van der Waals surface area contributed by atoms with Crippen LogP contribution in [-0.4, -0.2) is 0 Å². The molecule has 0 radical (unpaired) electrons. The van der Waals surface area contributed by atoms with E-state index in [-0.39, 0.29) is 0 Å². The Kier molecular flexibility index (Phi) is 4.54. The van der Waals surface area contributed by atoms with Crippen LogP contribution in [0.3, 0.4) is 0 Å². The van der Waals surface area contributed by atoms with Crippen molar-refractivity contribution in [3.63, 3.8) is 0 Å². The molecule has 0 spiro atoms. The first-order valence-corrected chi connectivity index (χ1v) is 8.81. The number of hydrogen-bond acceptors (Lipinski definition) is 3. The van der Waals surface area contributed by atoms with Gasteiger partial charge in [-0.15, -0.1) is 22.7 Å². The predicted octanol–water partition coefficient (Wildman–Crippen LogP) is 5.38. The molecule has 0 saturated heterocycles. The van der Waals surface area contributed by atoms with Crippen LogP contribution < -0.4 is 5.32 Å². The van der Waals surface area contributed by atoms with Crippen molar-refractivity contribution in [2.45, 2.75) is 26.9 Å². The van der Waals surface area contributed by atoms with Crippen LogP contribution in [0.2, 0.25) is 0 Å². The molecular formula is C18H19NS2. The second-order valence-electron chi connectivity index (χ2n) is 5.22. The van der Waals surface area contributed by atoms with Crippen LogP contribution in [0.1, 0.15) is 20.2 Å². The van der Waals surface area contributed by atoms with Gasteiger partial charge in [-0.3, -0.25) is 0 Å². The van der Waals surface area contributed by atoms with Crippen molar-refractivity contribution in [2.24, 2.45) is 0 Å². The summed E-state index contributed by atoms with van der Waals surface area (Å²) in [7, 11) is 0. The zero-order chi connectivity index (χ0) is 14.7. The van der Waals surface area contributed by atoms with Crippen molar-refractivity contribution in [2.75, 3.05) is 0 Å². The molecule has 108 valence electrons. The molecule has 21 heavy (non-hydrogen) atoms. The third-order valence-electron chi connectivity index (χ3n) is 3.58. The Bertz CT molecular complexity index is 690. The van der Waals surface area contributed by atoms with Crippen molar-refractivity contribution in [1.29, 1.82) is 0 Å². The van der Waals surface area contributed by atoms with Gasteiger partial charge < -0.3 is 5.32 Å². The van der Waals surface area contributed by atoms with Crippen LogP contribution in [0.4, 0.5) is 0 Å². The van der Waals surface area contributed by atoms with Gasteiger partial charge >= 0.3 is 0 Å². The van der Waals surface area contributed by atoms with Gasteiger partial charge in [0.2, 0.25) is 0 Å². The van der Waals surface area contributed by atoms with Crippen molar-refractivity contribution in [3.05, 3.63) is 68.0 Å². The lowest BCUT2D eigenvalue weighted by Gasteiger charge is -2.00. The normalized spacial score (nSPS) is 11.0. The third-order valence-corrected chi connectivity index (χ3v) is 5.67. The smallest absolute Gasteiger partial charge is 0.0303 e. The fourth-order valence-electron chi connectivity index (χ4n) is 2.30. The largest absolute Gasteiger partial charge is 0.307 e. The van der Waals surface area contributed by atoms with E-state index >= 15 is 0 Å². The Morgan fingerprint density at radius 1 is 0.905 bits per heavy atom. The van der Waals surface area contributed by atoms with Gasteiger partial charge in [0.15, 0.2) is 0 Å². The number of nitrogens with one attached hydrogen (secondary N) is 1. The van der Waals surface area contributed by atoms with Crippen LogP contribution in [0.5, 0.6) is 0 Å². The molecule has 1 aromatic carbocycles. The summed E-state index contributed by atoms with van der Waals surface area (Å²) in [6, 6.07) is 15.1. The Labute approximate surface area is 134 Å². The second kappa shape index (κ2) is 6.56. The Balaban J connectivity index is 1.58. The molecule has 2 heterocycles. The lowest BCUT2D eigenvalue weighted by Crippen LogP contribution is -2.10. The average molecular weight is 313 g/mol. The summed E-state index contributed by atoms with van der Waals surface area (Å²) >= 11 is 3.72. The van der Waals surface area contributed by atoms with E-state index in [1.165, 1.54) is 31.3 Å². The minimum atomic E-state index is 0.938. The van der Waals surface area contributed by atoms with E-state index in [4.69, 9.17) is 0 Å². The van der Waals surface area contributed by atoms with Gasteiger partial charge in [0.1, 0.15) is 0 Å². The summed E-state index contributed by atoms with van der Waals surface area (Å²) in [6.45, 7) is 6.26. The fourth-order valence-corrected chi connectivity index (χ4v) is 4.19. The molecule has 0 aliphatic rings. The molecule has 1 N–H and O–H groups in total. The number of benzene rings is 1. The maximum atomic E-state index is 3.54. The fraction of sp³-hybridized carbons (Fsp3) is 0.222. The van der Waals surface area contributed by atoms with Crippen LogP contribution in [-0.2, 0) is 13.1 Å². The van der Waals surface area contributed by atoms with Gasteiger partial charge in [0.25, 0.3) is 0 Å². The van der Waals surface area contributed by atoms with E-state index < -0.39 is 0 Å². The van der Waals surface area contributed by atoms with Gasteiger partial charge in [0, 0.05) is 27.7 Å². The first-order chi connectivity index (χ1) is 10.2. The second-order valence-corrected chi connectivity index (χ2v) is 7.56. The van der Waals surface area contributed by atoms with Gasteiger partial charge in [-0.05, 0) is 48.1 Å². The number of rotatable bonds is 5. The topological polar surface area (TPSA) is 12.0 Å². The van der Waals surface area contributed by atoms with Crippen LogP contribution >= 0.6 is 22.7 Å². The molecule has 3 aromatic rings. The minimum absolute atomic E-state index is 0.938. The average Bonchev–Trinajstić information content (AvgIpc) is 3.08. The number of aryl methyl sites for hydroxylation is 2. The molecule has 3 heteroatoms. The van der Waals surface area contributed by atoms with Crippen LogP contribution in [0, 0.1) is 13.8 Å². The molecule has 0 saturated carbocycles. The highest BCUT2D eigenvalue weighted by molar-refractivity contribution is 7.12. The summed E-state index contributed by atoms with van der Waals surface area (Å²) in [4.78, 5) is 4.23. The lowest BCUT2D eigenvalue weighted by molar-refractivity contribution is 0.709. The van der Waals surface area contributed by atoms with Gasteiger partial charge in [-0.2, -0.15) is 0 Å². The van der Waals surface area contributed by atoms with E-state index in [0.717, 1.165) is 13.1 Å². The molecule has 0 atom stereocenters. The summed E-state index contributed by atoms with van der Waals surface area (Å²) in [6.07, 6.45) is 0. The first kappa shape index (κ1) is 14.5. The Hall–Kier alpha value is -1.42. The lowest BCUT2D eigenvalue weighted by atomic mass is 10.1. The summed E-state index contributed by atoms with van der Waals surface area (Å²) in [5, 5.41) is 5.79. The van der Waals surface area contributed by atoms with E-state index in [0.29, 0.717) is 0 Å². The van der Waals surface area contributed by atoms with Crippen LogP contribution in [0.15, 0.2) is 47.8 Å². The summed E-state index contributed by atoms with van der Waals surface area (Å²) in [5.74, 6) is 0. The zero-order valence-corrected chi connectivity index (χ0v) is 14.0. The van der Waals surface area contributed by atoms with Crippen molar-refractivity contribution in [3.8, 4) is 11.1 Å². The van der Waals surface area contributed by atoms with Crippen molar-refractivity contribution in [1.82, 2.24) is 5.32 Å². The minimum Gasteiger partial charge on any atom is -0.307 e. The van der Waals surface area contributed by atoms with E-state index in [2.05, 4.69) is 67.0 Å². The van der Waals surface area contributed by atoms with Crippen LogP contribution in [0.25, 0.3) is 11.1 Å². The molecule has 3 rings (SSSR count). The third kappa shape index (κ3) is 3.62. The number of hydrogen-bond donors (Lipinski definition) is 1. The van der Waals surface area contributed by atoms with Gasteiger partial charge in [0.05, 0.1) is 0 Å². The Morgan fingerprint density at radius 2 is 1.67 bits per heavy atom. The Morgan fingerprint density at radius 3 is 2.38 bits per heavy atom. The molecule has 1 nitrogen and oxygen atoms in total. The molecule has 0 unspecified atom stereocenters. The highest BCUT2D eigenvalue weighted by atomic mass is 32.1. The molecule has 0 aliphatic carbocycles. The number of thiophene rings is 2. The van der Waals surface area contributed by atoms with Crippen molar-refractivity contribution < 1.29 is 0 Å². The van der Waals surface area contributed by atoms with Crippen molar-refractivity contribution >= 4 is 22.7 Å². The SMILES string of the molecule is Cc1cc(CNCc2cc(-c3ccccc3)cs2)sc1C. The first-order valence-electron chi connectivity index (χ1n) is 7.12. The predicted molar refractivity (Wildman–Crippen MR) is 94.1 cm³/mol.